The van der Waals surface area contributed by atoms with E-state index in [1.165, 1.54) is 18.2 Å². The summed E-state index contributed by atoms with van der Waals surface area (Å²) in [5.74, 6) is 0. The van der Waals surface area contributed by atoms with Gasteiger partial charge in [0.1, 0.15) is 0 Å². The van der Waals surface area contributed by atoms with Gasteiger partial charge >= 0.3 is 18.5 Å². The highest BCUT2D eigenvalue weighted by atomic mass is 19.4. The number of hydrogen-bond donors (Lipinski definition) is 0. The molecule has 0 spiro atoms. The van der Waals surface area contributed by atoms with Crippen LogP contribution in [0.5, 0.6) is 0 Å². The van der Waals surface area contributed by atoms with Crippen molar-refractivity contribution in [2.75, 3.05) is 0 Å². The number of rotatable bonds is 6. The van der Waals surface area contributed by atoms with Crippen LogP contribution in [0.15, 0.2) is 66.7 Å². The van der Waals surface area contributed by atoms with Crippen LogP contribution in [0.3, 0.4) is 0 Å². The summed E-state index contributed by atoms with van der Waals surface area (Å²) in [6, 6.07) is 11.2. The highest BCUT2D eigenvalue weighted by Gasteiger charge is 2.38. The van der Waals surface area contributed by atoms with E-state index in [2.05, 4.69) is 0 Å². The number of benzene rings is 3. The number of alkyl halides is 9. The summed E-state index contributed by atoms with van der Waals surface area (Å²) >= 11 is 0. The van der Waals surface area contributed by atoms with Crippen LogP contribution in [-0.4, -0.2) is 6.71 Å². The predicted molar refractivity (Wildman–Crippen MR) is 118 cm³/mol. The van der Waals surface area contributed by atoms with Crippen LogP contribution in [0.4, 0.5) is 39.5 Å². The molecule has 0 atom stereocenters. The van der Waals surface area contributed by atoms with Gasteiger partial charge in [0.05, 0.1) is 16.7 Å². The molecule has 3 aromatic rings. The molecular weight excluding hydrogens is 482 g/mol. The summed E-state index contributed by atoms with van der Waals surface area (Å²) in [7, 11) is 0. The Hall–Kier alpha value is -2.91. The van der Waals surface area contributed by atoms with Crippen LogP contribution in [0.2, 0.25) is 0 Å². The number of hydrogen-bond acceptors (Lipinski definition) is 0. The molecule has 0 nitrogen and oxygen atoms in total. The molecule has 3 aromatic carbocycles. The molecule has 0 aromatic heterocycles. The Balaban J connectivity index is 2.35. The smallest absolute Gasteiger partial charge is 0.166 e. The van der Waals surface area contributed by atoms with E-state index in [0.717, 1.165) is 48.5 Å². The number of unbranched alkanes of at least 4 members (excludes halogenated alkanes) is 1. The van der Waals surface area contributed by atoms with E-state index in [1.54, 1.807) is 6.92 Å². The lowest BCUT2D eigenvalue weighted by molar-refractivity contribution is -0.138. The molecule has 35 heavy (non-hydrogen) atoms. The first-order valence-corrected chi connectivity index (χ1v) is 10.8. The fourth-order valence-electron chi connectivity index (χ4n) is 4.11. The molecule has 186 valence electrons. The first-order chi connectivity index (χ1) is 16.2. The average Bonchev–Trinajstić information content (AvgIpc) is 2.77. The Kier molecular flexibility index (Phi) is 7.62. The summed E-state index contributed by atoms with van der Waals surface area (Å²) in [4.78, 5) is 0. The lowest BCUT2D eigenvalue weighted by Gasteiger charge is -2.24. The monoisotopic (exact) mass is 502 g/mol. The molecule has 0 heterocycles. The van der Waals surface area contributed by atoms with Gasteiger partial charge in [0.15, 0.2) is 0 Å². The van der Waals surface area contributed by atoms with E-state index in [4.69, 9.17) is 0 Å². The van der Waals surface area contributed by atoms with Crippen molar-refractivity contribution < 1.29 is 39.5 Å². The van der Waals surface area contributed by atoms with Crippen LogP contribution in [0.25, 0.3) is 0 Å². The predicted octanol–water partition coefficient (Wildman–Crippen LogP) is 6.60. The fraction of sp³-hybridized carbons (Fsp3) is 0.280. The Morgan fingerprint density at radius 1 is 0.629 bits per heavy atom. The van der Waals surface area contributed by atoms with E-state index >= 15 is 0 Å². The van der Waals surface area contributed by atoms with Crippen molar-refractivity contribution in [3.63, 3.8) is 0 Å². The molecule has 3 rings (SSSR count). The molecular formula is C25H20BF9. The van der Waals surface area contributed by atoms with Crippen molar-refractivity contribution in [1.82, 2.24) is 0 Å². The standard InChI is InChI=1S/C25H20BF9/c1-2-3-11-20-21(25(33,34)35)12-6-13-22(20)26(18-9-4-7-16(14-18)23(27,28)29)19-10-5-8-17(15-19)24(30,31)32/h4-10,12-15H,2-3,11H2,1H3. The van der Waals surface area contributed by atoms with Crippen molar-refractivity contribution in [2.45, 2.75) is 44.7 Å². The van der Waals surface area contributed by atoms with Gasteiger partial charge in [0, 0.05) is 0 Å². The first kappa shape index (κ1) is 26.7. The van der Waals surface area contributed by atoms with Gasteiger partial charge in [0.25, 0.3) is 0 Å². The van der Waals surface area contributed by atoms with Crippen molar-refractivity contribution in [3.8, 4) is 0 Å². The first-order valence-electron chi connectivity index (χ1n) is 10.8. The molecule has 0 saturated heterocycles. The summed E-state index contributed by atoms with van der Waals surface area (Å²) in [5.41, 5.74) is -3.28. The molecule has 0 radical (unpaired) electrons. The lowest BCUT2D eigenvalue weighted by Crippen LogP contribution is -2.54. The van der Waals surface area contributed by atoms with Crippen LogP contribution < -0.4 is 16.4 Å². The van der Waals surface area contributed by atoms with Gasteiger partial charge in [-0.1, -0.05) is 90.4 Å². The Morgan fingerprint density at radius 3 is 1.54 bits per heavy atom. The van der Waals surface area contributed by atoms with Crippen LogP contribution in [0.1, 0.15) is 42.0 Å². The van der Waals surface area contributed by atoms with Gasteiger partial charge < -0.3 is 0 Å². The second kappa shape index (κ2) is 9.99. The van der Waals surface area contributed by atoms with Gasteiger partial charge in [-0.3, -0.25) is 0 Å². The van der Waals surface area contributed by atoms with Gasteiger partial charge in [0.2, 0.25) is 6.71 Å². The molecule has 0 aliphatic rings. The van der Waals surface area contributed by atoms with E-state index < -0.39 is 41.9 Å². The van der Waals surface area contributed by atoms with Crippen LogP contribution >= 0.6 is 0 Å². The molecule has 0 N–H and O–H groups in total. The zero-order valence-electron chi connectivity index (χ0n) is 18.5. The van der Waals surface area contributed by atoms with E-state index in [9.17, 15) is 39.5 Å². The second-order valence-corrected chi connectivity index (χ2v) is 8.15. The minimum atomic E-state index is -4.74. The van der Waals surface area contributed by atoms with Gasteiger partial charge in [-0.05, 0) is 24.5 Å². The largest absolute Gasteiger partial charge is 0.416 e. The SMILES string of the molecule is CCCCc1c(B(c2cccc(C(F)(F)F)c2)c2cccc(C(F)(F)F)c2)cccc1C(F)(F)F. The Morgan fingerprint density at radius 2 is 1.11 bits per heavy atom. The minimum Gasteiger partial charge on any atom is -0.166 e. The van der Waals surface area contributed by atoms with Crippen molar-refractivity contribution >= 4 is 23.1 Å². The van der Waals surface area contributed by atoms with Gasteiger partial charge in [-0.25, -0.2) is 0 Å². The van der Waals surface area contributed by atoms with E-state index in [-0.39, 0.29) is 28.4 Å². The maximum atomic E-state index is 13.9. The third-order valence-corrected chi connectivity index (χ3v) is 5.70. The molecule has 0 unspecified atom stereocenters. The third kappa shape index (κ3) is 6.21. The number of halogens is 9. The second-order valence-electron chi connectivity index (χ2n) is 8.15. The zero-order chi connectivity index (χ0) is 26.0. The van der Waals surface area contributed by atoms with Gasteiger partial charge in [-0.2, -0.15) is 39.5 Å². The van der Waals surface area contributed by atoms with Crippen LogP contribution in [-0.2, 0) is 24.9 Å². The molecule has 0 bridgehead atoms. The van der Waals surface area contributed by atoms with Crippen molar-refractivity contribution in [1.29, 1.82) is 0 Å². The summed E-state index contributed by atoms with van der Waals surface area (Å²) < 4.78 is 122. The lowest BCUT2D eigenvalue weighted by atomic mass is 9.35. The quantitative estimate of drug-likeness (QED) is 0.263. The van der Waals surface area contributed by atoms with E-state index in [1.807, 2.05) is 0 Å². The van der Waals surface area contributed by atoms with Crippen molar-refractivity contribution in [3.05, 3.63) is 89.0 Å². The Bertz CT molecular complexity index is 1100. The average molecular weight is 502 g/mol. The molecule has 0 saturated carbocycles. The Labute approximate surface area is 196 Å². The van der Waals surface area contributed by atoms with Crippen LogP contribution in [0, 0.1) is 0 Å². The molecule has 10 heteroatoms. The summed E-state index contributed by atoms with van der Waals surface area (Å²) in [5, 5.41) is 0. The molecule has 0 amide bonds. The van der Waals surface area contributed by atoms with Gasteiger partial charge in [-0.15, -0.1) is 0 Å². The van der Waals surface area contributed by atoms with E-state index in [0.29, 0.717) is 12.8 Å². The fourth-order valence-corrected chi connectivity index (χ4v) is 4.11. The zero-order valence-corrected chi connectivity index (χ0v) is 18.5. The normalized spacial score (nSPS) is 12.6. The molecule has 0 aliphatic carbocycles. The molecule has 0 aliphatic heterocycles. The minimum absolute atomic E-state index is 0.0203. The molecule has 0 fully saturated rings. The van der Waals surface area contributed by atoms with Crippen molar-refractivity contribution in [2.24, 2.45) is 0 Å². The topological polar surface area (TPSA) is 0 Å². The highest BCUT2D eigenvalue weighted by molar-refractivity contribution is 6.95. The third-order valence-electron chi connectivity index (χ3n) is 5.70. The summed E-state index contributed by atoms with van der Waals surface area (Å²) in [6.45, 7) is 0.487. The maximum absolute atomic E-state index is 13.9. The highest BCUT2D eigenvalue weighted by Crippen LogP contribution is 2.33. The summed E-state index contributed by atoms with van der Waals surface area (Å²) in [6.07, 6.45) is -13.4. The maximum Gasteiger partial charge on any atom is 0.416 e.